The maximum absolute atomic E-state index is 3.61. The molecule has 0 aliphatic heterocycles. The van der Waals surface area contributed by atoms with E-state index in [0.29, 0.717) is 11.5 Å². The van der Waals surface area contributed by atoms with E-state index in [4.69, 9.17) is 0 Å². The highest BCUT2D eigenvalue weighted by molar-refractivity contribution is 5.30. The zero-order valence-corrected chi connectivity index (χ0v) is 14.5. The van der Waals surface area contributed by atoms with Crippen molar-refractivity contribution < 1.29 is 0 Å². The number of hydrogen-bond acceptors (Lipinski definition) is 1. The molecule has 1 nitrogen and oxygen atoms in total. The van der Waals surface area contributed by atoms with Gasteiger partial charge in [-0.2, -0.15) is 0 Å². The van der Waals surface area contributed by atoms with Crippen LogP contribution in [0.15, 0.2) is 18.2 Å². The molecule has 0 radical (unpaired) electrons. The number of benzene rings is 1. The third-order valence-corrected chi connectivity index (χ3v) is 5.29. The summed E-state index contributed by atoms with van der Waals surface area (Å²) < 4.78 is 0. The molecule has 1 heteroatoms. The van der Waals surface area contributed by atoms with E-state index < -0.39 is 0 Å². The Morgan fingerprint density at radius 2 is 1.81 bits per heavy atom. The van der Waals surface area contributed by atoms with Gasteiger partial charge in [0.05, 0.1) is 0 Å². The molecular weight excluding hydrogens is 254 g/mol. The Hall–Kier alpha value is -0.820. The SMILES string of the molecule is Cc1ccc(CCC2(CCNC(C)C)CCCC2)c(C)c1. The van der Waals surface area contributed by atoms with Crippen LogP contribution in [0.3, 0.4) is 0 Å². The molecule has 0 spiro atoms. The number of rotatable bonds is 7. The van der Waals surface area contributed by atoms with Gasteiger partial charge in [0.2, 0.25) is 0 Å². The van der Waals surface area contributed by atoms with Gasteiger partial charge in [-0.25, -0.2) is 0 Å². The first-order valence-electron chi connectivity index (χ1n) is 8.80. The Morgan fingerprint density at radius 3 is 2.43 bits per heavy atom. The monoisotopic (exact) mass is 287 g/mol. The maximum Gasteiger partial charge on any atom is 0.00103 e. The Morgan fingerprint density at radius 1 is 1.10 bits per heavy atom. The van der Waals surface area contributed by atoms with Crippen LogP contribution < -0.4 is 5.32 Å². The van der Waals surface area contributed by atoms with Crippen molar-refractivity contribution in [2.24, 2.45) is 5.41 Å². The molecule has 1 N–H and O–H groups in total. The number of nitrogens with one attached hydrogen (secondary N) is 1. The van der Waals surface area contributed by atoms with Gasteiger partial charge in [0.15, 0.2) is 0 Å². The predicted octanol–water partition coefficient (Wildman–Crippen LogP) is 5.18. The second-order valence-electron chi connectivity index (χ2n) is 7.50. The first-order valence-corrected chi connectivity index (χ1v) is 8.80. The topological polar surface area (TPSA) is 12.0 Å². The Labute approximate surface area is 131 Å². The van der Waals surface area contributed by atoms with E-state index in [2.05, 4.69) is 51.2 Å². The van der Waals surface area contributed by atoms with Crippen molar-refractivity contribution in [3.05, 3.63) is 34.9 Å². The van der Waals surface area contributed by atoms with Crippen LogP contribution in [0.4, 0.5) is 0 Å². The molecule has 1 aliphatic carbocycles. The summed E-state index contributed by atoms with van der Waals surface area (Å²) in [4.78, 5) is 0. The van der Waals surface area contributed by atoms with E-state index in [1.54, 1.807) is 5.56 Å². The highest BCUT2D eigenvalue weighted by Crippen LogP contribution is 2.44. The van der Waals surface area contributed by atoms with E-state index in [1.807, 2.05) is 0 Å². The summed E-state index contributed by atoms with van der Waals surface area (Å²) in [6.45, 7) is 10.1. The van der Waals surface area contributed by atoms with Gasteiger partial charge in [0, 0.05) is 6.04 Å². The van der Waals surface area contributed by atoms with Gasteiger partial charge in [-0.3, -0.25) is 0 Å². The van der Waals surface area contributed by atoms with Crippen LogP contribution in [0.1, 0.15) is 69.1 Å². The smallest absolute Gasteiger partial charge is 0.00103 e. The summed E-state index contributed by atoms with van der Waals surface area (Å²) in [5.74, 6) is 0. The molecule has 118 valence electrons. The molecule has 0 saturated heterocycles. The largest absolute Gasteiger partial charge is 0.315 e. The molecule has 1 fully saturated rings. The van der Waals surface area contributed by atoms with E-state index in [9.17, 15) is 0 Å². The molecule has 1 saturated carbocycles. The zero-order valence-electron chi connectivity index (χ0n) is 14.5. The van der Waals surface area contributed by atoms with Crippen LogP contribution in [0.25, 0.3) is 0 Å². The summed E-state index contributed by atoms with van der Waals surface area (Å²) >= 11 is 0. The lowest BCUT2D eigenvalue weighted by Crippen LogP contribution is -2.29. The van der Waals surface area contributed by atoms with Crippen LogP contribution in [0.5, 0.6) is 0 Å². The van der Waals surface area contributed by atoms with E-state index in [0.717, 1.165) is 0 Å². The highest BCUT2D eigenvalue weighted by Gasteiger charge is 2.32. The Balaban J connectivity index is 1.93. The van der Waals surface area contributed by atoms with E-state index in [1.165, 1.54) is 62.6 Å². The summed E-state index contributed by atoms with van der Waals surface area (Å²) in [7, 11) is 0. The van der Waals surface area contributed by atoms with Crippen LogP contribution in [0.2, 0.25) is 0 Å². The average Bonchev–Trinajstić information content (AvgIpc) is 2.86. The second-order valence-corrected chi connectivity index (χ2v) is 7.50. The quantitative estimate of drug-likeness (QED) is 0.728. The highest BCUT2D eigenvalue weighted by atomic mass is 14.9. The third kappa shape index (κ3) is 4.85. The molecule has 2 rings (SSSR count). The first-order chi connectivity index (χ1) is 10.0. The maximum atomic E-state index is 3.61. The Bertz CT molecular complexity index is 441. The molecule has 1 aliphatic rings. The standard InChI is InChI=1S/C20H33N/c1-16(2)21-14-13-20(10-5-6-11-20)12-9-19-8-7-17(3)15-18(19)4/h7-8,15-16,21H,5-6,9-14H2,1-4H3. The number of hydrogen-bond donors (Lipinski definition) is 1. The van der Waals surface area contributed by atoms with Crippen molar-refractivity contribution in [1.82, 2.24) is 5.32 Å². The van der Waals surface area contributed by atoms with Crippen LogP contribution in [0, 0.1) is 19.3 Å². The van der Waals surface area contributed by atoms with Gasteiger partial charge >= 0.3 is 0 Å². The van der Waals surface area contributed by atoms with Gasteiger partial charge in [0.1, 0.15) is 0 Å². The molecule has 0 amide bonds. The summed E-state index contributed by atoms with van der Waals surface area (Å²) in [5.41, 5.74) is 5.03. The van der Waals surface area contributed by atoms with Crippen molar-refractivity contribution >= 4 is 0 Å². The van der Waals surface area contributed by atoms with Crippen LogP contribution in [-0.2, 0) is 6.42 Å². The molecule has 0 heterocycles. The number of aryl methyl sites for hydroxylation is 3. The fourth-order valence-corrected chi connectivity index (χ4v) is 3.90. The van der Waals surface area contributed by atoms with Gasteiger partial charge in [-0.1, -0.05) is 50.5 Å². The predicted molar refractivity (Wildman–Crippen MR) is 92.9 cm³/mol. The molecule has 1 aromatic rings. The lowest BCUT2D eigenvalue weighted by molar-refractivity contribution is 0.242. The molecule has 0 atom stereocenters. The second kappa shape index (κ2) is 7.45. The van der Waals surface area contributed by atoms with E-state index in [-0.39, 0.29) is 0 Å². The molecule has 21 heavy (non-hydrogen) atoms. The summed E-state index contributed by atoms with van der Waals surface area (Å²) in [6.07, 6.45) is 9.75. The van der Waals surface area contributed by atoms with Crippen molar-refractivity contribution in [2.75, 3.05) is 6.54 Å². The minimum absolute atomic E-state index is 0.610. The fourth-order valence-electron chi connectivity index (χ4n) is 3.90. The lowest BCUT2D eigenvalue weighted by Gasteiger charge is -2.30. The molecule has 1 aromatic carbocycles. The van der Waals surface area contributed by atoms with Gasteiger partial charge in [-0.05, 0) is 69.0 Å². The van der Waals surface area contributed by atoms with Crippen molar-refractivity contribution in [1.29, 1.82) is 0 Å². The minimum atomic E-state index is 0.610. The molecule has 0 aromatic heterocycles. The van der Waals surface area contributed by atoms with Gasteiger partial charge in [0.25, 0.3) is 0 Å². The summed E-state index contributed by atoms with van der Waals surface area (Å²) in [5, 5.41) is 3.61. The molecule has 0 unspecified atom stereocenters. The normalized spacial score (nSPS) is 17.6. The van der Waals surface area contributed by atoms with Crippen molar-refractivity contribution in [2.45, 2.75) is 78.7 Å². The third-order valence-electron chi connectivity index (χ3n) is 5.29. The minimum Gasteiger partial charge on any atom is -0.315 e. The van der Waals surface area contributed by atoms with Gasteiger partial charge in [-0.15, -0.1) is 0 Å². The fraction of sp³-hybridized carbons (Fsp3) is 0.700. The zero-order chi connectivity index (χ0) is 15.3. The lowest BCUT2D eigenvalue weighted by atomic mass is 9.77. The van der Waals surface area contributed by atoms with Crippen molar-refractivity contribution in [3.8, 4) is 0 Å². The summed E-state index contributed by atoms with van der Waals surface area (Å²) in [6, 6.07) is 7.56. The van der Waals surface area contributed by atoms with Crippen LogP contribution >= 0.6 is 0 Å². The van der Waals surface area contributed by atoms with Crippen LogP contribution in [-0.4, -0.2) is 12.6 Å². The van der Waals surface area contributed by atoms with Gasteiger partial charge < -0.3 is 5.32 Å². The first kappa shape index (κ1) is 16.5. The van der Waals surface area contributed by atoms with E-state index >= 15 is 0 Å². The molecular formula is C20H33N. The van der Waals surface area contributed by atoms with Crippen molar-refractivity contribution in [3.63, 3.8) is 0 Å². The average molecular weight is 287 g/mol. The molecule has 0 bridgehead atoms. The Kier molecular flexibility index (Phi) is 5.87.